The van der Waals surface area contributed by atoms with Crippen LogP contribution in [0.25, 0.3) is 0 Å². The maximum Gasteiger partial charge on any atom is 0.338 e. The third-order valence-electron chi connectivity index (χ3n) is 8.55. The summed E-state index contributed by atoms with van der Waals surface area (Å²) in [7, 11) is 0. The highest BCUT2D eigenvalue weighted by Crippen LogP contribution is 2.36. The lowest BCUT2D eigenvalue weighted by Crippen LogP contribution is -2.52. The molecule has 0 aromatic heterocycles. The Morgan fingerprint density at radius 2 is 1.23 bits per heavy atom. The first-order valence-corrected chi connectivity index (χ1v) is 16.5. The van der Waals surface area contributed by atoms with Crippen LogP contribution < -0.4 is 20.9 Å². The summed E-state index contributed by atoms with van der Waals surface area (Å²) < 4.78 is 11.5. The second-order valence-electron chi connectivity index (χ2n) is 12.1. The quantitative estimate of drug-likeness (QED) is 0.101. The molecule has 0 aliphatic heterocycles. The zero-order valence-corrected chi connectivity index (χ0v) is 27.1. The van der Waals surface area contributed by atoms with Crippen LogP contribution in [0.4, 0.5) is 4.79 Å². The van der Waals surface area contributed by atoms with E-state index >= 15 is 0 Å². The van der Waals surface area contributed by atoms with E-state index in [0.717, 1.165) is 41.5 Å². The second-order valence-corrected chi connectivity index (χ2v) is 12.1. The third-order valence-corrected chi connectivity index (χ3v) is 8.55. The van der Waals surface area contributed by atoms with Gasteiger partial charge < -0.3 is 20.1 Å². The van der Waals surface area contributed by atoms with Gasteiger partial charge in [-0.15, -0.1) is 0 Å². The van der Waals surface area contributed by atoms with Gasteiger partial charge in [0.1, 0.15) is 19.0 Å². The highest BCUT2D eigenvalue weighted by Gasteiger charge is 2.40. The molecule has 5 rings (SSSR count). The monoisotopic (exact) mass is 649 g/mol. The Morgan fingerprint density at radius 1 is 0.646 bits per heavy atom. The second kappa shape index (κ2) is 17.7. The van der Waals surface area contributed by atoms with Gasteiger partial charge in [-0.25, -0.2) is 15.1 Å². The summed E-state index contributed by atoms with van der Waals surface area (Å²) >= 11 is 0. The molecule has 1 atom stereocenters. The van der Waals surface area contributed by atoms with Gasteiger partial charge in [0.25, 0.3) is 5.91 Å². The minimum atomic E-state index is -1.10. The van der Waals surface area contributed by atoms with E-state index in [9.17, 15) is 14.4 Å². The minimum Gasteiger partial charge on any atom is -0.489 e. The van der Waals surface area contributed by atoms with Crippen LogP contribution in [0.2, 0.25) is 0 Å². The number of carbonyl (C=O) groups excluding carboxylic acids is 3. The normalized spacial score (nSPS) is 14.2. The van der Waals surface area contributed by atoms with Crippen LogP contribution in [0.15, 0.2) is 115 Å². The van der Waals surface area contributed by atoms with E-state index in [-0.39, 0.29) is 31.5 Å². The molecule has 1 aliphatic carbocycles. The molecule has 0 saturated heterocycles. The van der Waals surface area contributed by atoms with Gasteiger partial charge in [0.2, 0.25) is 0 Å². The lowest BCUT2D eigenvalue weighted by molar-refractivity contribution is -0.170. The SMILES string of the molecule is O=C(NCc1ccccc1)NCC1(C(=O)NO[C@@H](Cc2ccc(OCc3ccccc3)cc2)C(=O)OCc2ccccc2)CCCCC1. The van der Waals surface area contributed by atoms with Crippen LogP contribution in [0.3, 0.4) is 0 Å². The van der Waals surface area contributed by atoms with Crippen molar-refractivity contribution < 1.29 is 28.7 Å². The highest BCUT2D eigenvalue weighted by molar-refractivity contribution is 5.84. The minimum absolute atomic E-state index is 0.0751. The molecule has 1 saturated carbocycles. The van der Waals surface area contributed by atoms with Crippen LogP contribution >= 0.6 is 0 Å². The fourth-order valence-electron chi connectivity index (χ4n) is 5.71. The summed E-state index contributed by atoms with van der Waals surface area (Å²) in [5, 5.41) is 5.74. The number of hydrogen-bond donors (Lipinski definition) is 3. The van der Waals surface area contributed by atoms with Crippen molar-refractivity contribution in [2.45, 2.75) is 64.4 Å². The first-order valence-electron chi connectivity index (χ1n) is 16.5. The molecule has 9 nitrogen and oxygen atoms in total. The maximum atomic E-state index is 13.7. The Balaban J connectivity index is 1.20. The lowest BCUT2D eigenvalue weighted by atomic mass is 9.73. The molecule has 1 aliphatic rings. The fourth-order valence-corrected chi connectivity index (χ4v) is 5.71. The first kappa shape index (κ1) is 34.2. The van der Waals surface area contributed by atoms with Crippen LogP contribution in [-0.4, -0.2) is 30.6 Å². The van der Waals surface area contributed by atoms with Gasteiger partial charge >= 0.3 is 12.0 Å². The van der Waals surface area contributed by atoms with Crippen LogP contribution in [0.1, 0.15) is 54.4 Å². The number of rotatable bonds is 15. The molecular weight excluding hydrogens is 606 g/mol. The number of urea groups is 1. The zero-order chi connectivity index (χ0) is 33.4. The Bertz CT molecular complexity index is 1580. The number of hydrogen-bond acceptors (Lipinski definition) is 6. The van der Waals surface area contributed by atoms with Gasteiger partial charge in [-0.3, -0.25) is 9.63 Å². The molecule has 1 fully saturated rings. The fraction of sp³-hybridized carbons (Fsp3) is 0.308. The summed E-state index contributed by atoms with van der Waals surface area (Å²) in [6.07, 6.45) is 2.96. The van der Waals surface area contributed by atoms with E-state index in [1.54, 1.807) is 0 Å². The van der Waals surface area contributed by atoms with Gasteiger partial charge in [0, 0.05) is 19.5 Å². The van der Waals surface area contributed by atoms with Gasteiger partial charge in [-0.1, -0.05) is 122 Å². The Labute approximate surface area is 281 Å². The number of carbonyl (C=O) groups is 3. The molecule has 3 N–H and O–H groups in total. The zero-order valence-electron chi connectivity index (χ0n) is 27.1. The van der Waals surface area contributed by atoms with Crippen LogP contribution in [0.5, 0.6) is 5.75 Å². The van der Waals surface area contributed by atoms with E-state index in [0.29, 0.717) is 31.7 Å². The molecule has 9 heteroatoms. The molecule has 0 radical (unpaired) electrons. The number of amides is 3. The molecule has 3 amide bonds. The average Bonchev–Trinajstić information content (AvgIpc) is 3.15. The Kier molecular flexibility index (Phi) is 12.6. The summed E-state index contributed by atoms with van der Waals surface area (Å²) in [6, 6.07) is 36.0. The molecule has 0 unspecified atom stereocenters. The lowest BCUT2D eigenvalue weighted by Gasteiger charge is -2.36. The van der Waals surface area contributed by atoms with Crippen molar-refractivity contribution >= 4 is 17.9 Å². The highest BCUT2D eigenvalue weighted by atomic mass is 16.7. The molecule has 48 heavy (non-hydrogen) atoms. The number of hydroxylamine groups is 1. The van der Waals surface area contributed by atoms with E-state index < -0.39 is 17.5 Å². The molecule has 0 heterocycles. The third kappa shape index (κ3) is 10.4. The van der Waals surface area contributed by atoms with Crippen LogP contribution in [0, 0.1) is 5.41 Å². The van der Waals surface area contributed by atoms with Gasteiger partial charge in [-0.2, -0.15) is 0 Å². The Hall–Kier alpha value is -5.15. The van der Waals surface area contributed by atoms with Crippen molar-refractivity contribution in [1.29, 1.82) is 0 Å². The van der Waals surface area contributed by atoms with Gasteiger partial charge in [-0.05, 0) is 47.2 Å². The van der Waals surface area contributed by atoms with Crippen LogP contribution in [-0.2, 0) is 45.3 Å². The molecule has 4 aromatic carbocycles. The first-order chi connectivity index (χ1) is 23.5. The molecule has 4 aromatic rings. The molecular formula is C39H43N3O6. The molecule has 0 bridgehead atoms. The molecule has 250 valence electrons. The topological polar surface area (TPSA) is 115 Å². The predicted octanol–water partition coefficient (Wildman–Crippen LogP) is 6.42. The Morgan fingerprint density at radius 3 is 1.85 bits per heavy atom. The summed E-state index contributed by atoms with van der Waals surface area (Å²) in [4.78, 5) is 45.6. The molecule has 0 spiro atoms. The number of esters is 1. The number of benzene rings is 4. The van der Waals surface area contributed by atoms with E-state index in [1.807, 2.05) is 115 Å². The van der Waals surface area contributed by atoms with Crippen molar-refractivity contribution in [3.8, 4) is 5.75 Å². The smallest absolute Gasteiger partial charge is 0.338 e. The van der Waals surface area contributed by atoms with E-state index in [4.69, 9.17) is 14.3 Å². The number of nitrogens with one attached hydrogen (secondary N) is 3. The van der Waals surface area contributed by atoms with Gasteiger partial charge in [0.15, 0.2) is 6.10 Å². The average molecular weight is 650 g/mol. The summed E-state index contributed by atoms with van der Waals surface area (Å²) in [5.74, 6) is -0.268. The largest absolute Gasteiger partial charge is 0.489 e. The summed E-state index contributed by atoms with van der Waals surface area (Å²) in [6.45, 7) is 1.04. The van der Waals surface area contributed by atoms with Crippen molar-refractivity contribution in [2.24, 2.45) is 5.41 Å². The van der Waals surface area contributed by atoms with Crippen molar-refractivity contribution in [2.75, 3.05) is 6.54 Å². The number of ether oxygens (including phenoxy) is 2. The summed E-state index contributed by atoms with van der Waals surface area (Å²) in [5.41, 5.74) is 5.41. The van der Waals surface area contributed by atoms with Crippen molar-refractivity contribution in [3.63, 3.8) is 0 Å². The van der Waals surface area contributed by atoms with Crippen molar-refractivity contribution in [3.05, 3.63) is 138 Å². The standard InChI is InChI=1S/C39H43N3O6/c43-36(47-28-33-17-9-3-10-18-33)35(25-30-19-21-34(22-20-30)46-27-32-15-7-2-8-16-32)48-42-37(44)39(23-11-4-12-24-39)29-41-38(45)40-26-31-13-5-1-6-14-31/h1-3,5-10,13-22,35H,4,11-12,23-29H2,(H,42,44)(H2,40,41,45)/t35-/m0/s1. The van der Waals surface area contributed by atoms with E-state index in [1.165, 1.54) is 0 Å². The maximum absolute atomic E-state index is 13.7. The van der Waals surface area contributed by atoms with Gasteiger partial charge in [0.05, 0.1) is 5.41 Å². The van der Waals surface area contributed by atoms with E-state index in [2.05, 4.69) is 16.1 Å². The predicted molar refractivity (Wildman–Crippen MR) is 182 cm³/mol. The van der Waals surface area contributed by atoms with Crippen molar-refractivity contribution in [1.82, 2.24) is 16.1 Å².